The number of nitrogens with two attached hydrogens (primary N) is 1. The number of Topliss-reactive ketones (excluding diaryl/α,β-unsaturated/α-hetero) is 1. The zero-order chi connectivity index (χ0) is 17.6. The van der Waals surface area contributed by atoms with Gasteiger partial charge in [-0.1, -0.05) is 36.4 Å². The highest BCUT2D eigenvalue weighted by Crippen LogP contribution is 2.31. The molecule has 4 rings (SSSR count). The number of anilines is 1. The van der Waals surface area contributed by atoms with Gasteiger partial charge >= 0.3 is 0 Å². The van der Waals surface area contributed by atoms with E-state index in [2.05, 4.69) is 4.72 Å². The van der Waals surface area contributed by atoms with E-state index in [1.807, 2.05) is 24.3 Å². The largest absolute Gasteiger partial charge is 0.399 e. The topological polar surface area (TPSA) is 89.3 Å². The van der Waals surface area contributed by atoms with Gasteiger partial charge in [0.15, 0.2) is 0 Å². The van der Waals surface area contributed by atoms with Gasteiger partial charge in [-0.05, 0) is 41.3 Å². The summed E-state index contributed by atoms with van der Waals surface area (Å²) in [5.41, 5.74) is 7.39. The Bertz CT molecular complexity index is 1140. The van der Waals surface area contributed by atoms with Gasteiger partial charge in [-0.2, -0.15) is 0 Å². The van der Waals surface area contributed by atoms with E-state index in [0.29, 0.717) is 11.3 Å². The van der Waals surface area contributed by atoms with Crippen LogP contribution in [-0.4, -0.2) is 14.2 Å². The van der Waals surface area contributed by atoms with E-state index >= 15 is 0 Å². The number of rotatable bonds is 3. The monoisotopic (exact) mass is 350 g/mol. The molecule has 3 N–H and O–H groups in total. The summed E-state index contributed by atoms with van der Waals surface area (Å²) in [5.74, 6) is -0.344. The lowest BCUT2D eigenvalue weighted by molar-refractivity contribution is 0.103. The molecular formula is C19H14N2O3S. The van der Waals surface area contributed by atoms with E-state index in [-0.39, 0.29) is 16.4 Å². The molecular weight excluding hydrogens is 336 g/mol. The van der Waals surface area contributed by atoms with E-state index in [9.17, 15) is 13.2 Å². The summed E-state index contributed by atoms with van der Waals surface area (Å²) in [7, 11) is -3.88. The molecule has 0 fully saturated rings. The molecule has 0 spiro atoms. The fourth-order valence-corrected chi connectivity index (χ4v) is 4.03. The van der Waals surface area contributed by atoms with Crippen molar-refractivity contribution in [1.82, 2.24) is 4.72 Å². The maximum absolute atomic E-state index is 12.8. The molecule has 6 heteroatoms. The Morgan fingerprint density at radius 1 is 0.880 bits per heavy atom. The number of benzene rings is 3. The number of allylic oxidation sites excluding steroid dienone is 1. The molecule has 0 amide bonds. The first-order valence-electron chi connectivity index (χ1n) is 7.62. The molecule has 0 heterocycles. The predicted octanol–water partition coefficient (Wildman–Crippen LogP) is 2.94. The van der Waals surface area contributed by atoms with Crippen LogP contribution in [-0.2, 0) is 10.0 Å². The van der Waals surface area contributed by atoms with E-state index in [1.54, 1.807) is 18.2 Å². The molecule has 1 aliphatic carbocycles. The van der Waals surface area contributed by atoms with Gasteiger partial charge in [-0.15, -0.1) is 0 Å². The van der Waals surface area contributed by atoms with Crippen molar-refractivity contribution in [1.29, 1.82) is 0 Å². The summed E-state index contributed by atoms with van der Waals surface area (Å²) in [6.07, 6.45) is 1.58. The van der Waals surface area contributed by atoms with Crippen LogP contribution in [0.1, 0.15) is 15.9 Å². The van der Waals surface area contributed by atoms with Gasteiger partial charge < -0.3 is 5.73 Å². The smallest absolute Gasteiger partial charge is 0.262 e. The number of ketones is 1. The van der Waals surface area contributed by atoms with Crippen molar-refractivity contribution >= 4 is 38.3 Å². The SMILES string of the molecule is Nc1ccc(S(=O)(=O)NC2=Cc3cccc4cccc(c34)C2=O)cc1. The maximum Gasteiger partial charge on any atom is 0.262 e. The lowest BCUT2D eigenvalue weighted by Crippen LogP contribution is -2.29. The fraction of sp³-hybridized carbons (Fsp3) is 0. The number of carbonyl (C=O) groups is 1. The third-order valence-corrected chi connectivity index (χ3v) is 5.54. The number of carbonyl (C=O) groups excluding carboxylic acids is 1. The second kappa shape index (κ2) is 5.46. The average molecular weight is 350 g/mol. The zero-order valence-electron chi connectivity index (χ0n) is 13.1. The summed E-state index contributed by atoms with van der Waals surface area (Å²) in [6, 6.07) is 16.9. The van der Waals surface area contributed by atoms with Crippen molar-refractivity contribution in [2.24, 2.45) is 0 Å². The van der Waals surface area contributed by atoms with Crippen LogP contribution in [0, 0.1) is 0 Å². The van der Waals surface area contributed by atoms with Gasteiger partial charge in [0, 0.05) is 16.6 Å². The van der Waals surface area contributed by atoms with Crippen LogP contribution in [0.15, 0.2) is 71.3 Å². The number of sulfonamides is 1. The molecule has 0 aromatic heterocycles. The Morgan fingerprint density at radius 2 is 1.56 bits per heavy atom. The normalized spacial score (nSPS) is 13.6. The molecule has 0 bridgehead atoms. The highest BCUT2D eigenvalue weighted by Gasteiger charge is 2.25. The van der Waals surface area contributed by atoms with Gasteiger partial charge in [0.05, 0.1) is 10.6 Å². The number of nitrogens with one attached hydrogen (secondary N) is 1. The van der Waals surface area contributed by atoms with E-state index in [4.69, 9.17) is 5.73 Å². The Hall–Kier alpha value is -3.12. The van der Waals surface area contributed by atoms with Crippen LogP contribution < -0.4 is 10.5 Å². The van der Waals surface area contributed by atoms with Crippen molar-refractivity contribution in [3.63, 3.8) is 0 Å². The molecule has 0 saturated heterocycles. The molecule has 0 atom stereocenters. The van der Waals surface area contributed by atoms with Crippen LogP contribution in [0.3, 0.4) is 0 Å². The number of hydrogen-bond donors (Lipinski definition) is 2. The van der Waals surface area contributed by atoms with Crippen molar-refractivity contribution in [3.05, 3.63) is 77.5 Å². The Morgan fingerprint density at radius 3 is 2.28 bits per heavy atom. The molecule has 3 aromatic carbocycles. The van der Waals surface area contributed by atoms with Gasteiger partial charge in [-0.25, -0.2) is 8.42 Å². The van der Waals surface area contributed by atoms with Crippen molar-refractivity contribution in [2.75, 3.05) is 5.73 Å². The van der Waals surface area contributed by atoms with Crippen molar-refractivity contribution in [2.45, 2.75) is 4.90 Å². The van der Waals surface area contributed by atoms with Crippen molar-refractivity contribution in [3.8, 4) is 0 Å². The van der Waals surface area contributed by atoms with Gasteiger partial charge in [-0.3, -0.25) is 9.52 Å². The Balaban J connectivity index is 1.79. The van der Waals surface area contributed by atoms with Crippen LogP contribution in [0.5, 0.6) is 0 Å². The lowest BCUT2D eigenvalue weighted by atomic mass is 9.91. The minimum absolute atomic E-state index is 0.0306. The molecule has 3 aromatic rings. The fourth-order valence-electron chi connectivity index (χ4n) is 2.97. The summed E-state index contributed by atoms with van der Waals surface area (Å²) < 4.78 is 27.5. The molecule has 0 aliphatic heterocycles. The second-order valence-electron chi connectivity index (χ2n) is 5.81. The minimum atomic E-state index is -3.88. The second-order valence-corrected chi connectivity index (χ2v) is 7.49. The molecule has 0 unspecified atom stereocenters. The summed E-state index contributed by atoms with van der Waals surface area (Å²) >= 11 is 0. The quantitative estimate of drug-likeness (QED) is 0.711. The first-order valence-corrected chi connectivity index (χ1v) is 9.10. The lowest BCUT2D eigenvalue weighted by Gasteiger charge is -2.18. The van der Waals surface area contributed by atoms with Gasteiger partial charge in [0.25, 0.3) is 10.0 Å². The van der Waals surface area contributed by atoms with Gasteiger partial charge in [0.1, 0.15) is 0 Å². The zero-order valence-corrected chi connectivity index (χ0v) is 13.9. The molecule has 1 aliphatic rings. The van der Waals surface area contributed by atoms with Crippen LogP contribution in [0.4, 0.5) is 5.69 Å². The highest BCUT2D eigenvalue weighted by molar-refractivity contribution is 7.89. The summed E-state index contributed by atoms with van der Waals surface area (Å²) in [4.78, 5) is 12.8. The van der Waals surface area contributed by atoms with Gasteiger partial charge in [0.2, 0.25) is 5.78 Å². The van der Waals surface area contributed by atoms with Crippen LogP contribution in [0.25, 0.3) is 16.8 Å². The third-order valence-electron chi connectivity index (χ3n) is 4.16. The first-order chi connectivity index (χ1) is 12.0. The number of hydrogen-bond acceptors (Lipinski definition) is 4. The molecule has 5 nitrogen and oxygen atoms in total. The molecule has 0 saturated carbocycles. The Labute approximate surface area is 144 Å². The van der Waals surface area contributed by atoms with E-state index in [0.717, 1.165) is 16.3 Å². The Kier molecular flexibility index (Phi) is 3.36. The predicted molar refractivity (Wildman–Crippen MR) is 97.4 cm³/mol. The van der Waals surface area contributed by atoms with E-state index < -0.39 is 10.0 Å². The summed E-state index contributed by atoms with van der Waals surface area (Å²) in [6.45, 7) is 0. The standard InChI is InChI=1S/C19H14N2O3S/c20-14-7-9-15(10-8-14)25(23,24)21-17-11-13-5-1-3-12-4-2-6-16(18(12)13)19(17)22/h1-11,21H,20H2. The average Bonchev–Trinajstić information content (AvgIpc) is 2.59. The van der Waals surface area contributed by atoms with Crippen LogP contribution in [0.2, 0.25) is 0 Å². The summed E-state index contributed by atoms with van der Waals surface area (Å²) in [5, 5.41) is 1.78. The third kappa shape index (κ3) is 2.56. The highest BCUT2D eigenvalue weighted by atomic mass is 32.2. The van der Waals surface area contributed by atoms with Crippen molar-refractivity contribution < 1.29 is 13.2 Å². The number of nitrogen functional groups attached to an aromatic ring is 1. The molecule has 25 heavy (non-hydrogen) atoms. The molecule has 0 radical (unpaired) electrons. The molecule has 124 valence electrons. The minimum Gasteiger partial charge on any atom is -0.399 e. The maximum atomic E-state index is 12.8. The van der Waals surface area contributed by atoms with E-state index in [1.165, 1.54) is 24.3 Å². The first kappa shape index (κ1) is 15.4. The van der Waals surface area contributed by atoms with Crippen LogP contribution >= 0.6 is 0 Å².